The number of aryl methyl sites for hydroxylation is 3. The zero-order valence-corrected chi connectivity index (χ0v) is 17.3. The zero-order valence-electron chi connectivity index (χ0n) is 16.5. The standard InChI is InChI=1S/C19H28N4O3S/c1-5-22(14(3)12-27(4,25)26)19(24)15-11-13(2)20-18-17(15)21-16-9-7-6-8-10-23(16)18/h11,14H,5-10,12H2,1-4H3/t14-/m0/s1. The molecule has 0 fully saturated rings. The number of carbonyl (C=O) groups excluding carboxylic acids is 1. The van der Waals surface area contributed by atoms with E-state index in [0.717, 1.165) is 43.0 Å². The maximum Gasteiger partial charge on any atom is 0.256 e. The zero-order chi connectivity index (χ0) is 19.8. The van der Waals surface area contributed by atoms with Gasteiger partial charge < -0.3 is 9.47 Å². The Morgan fingerprint density at radius 3 is 2.70 bits per heavy atom. The molecular weight excluding hydrogens is 364 g/mol. The number of fused-ring (bicyclic) bond motifs is 3. The first-order chi connectivity index (χ1) is 12.7. The minimum Gasteiger partial charge on any atom is -0.335 e. The number of aromatic nitrogens is 3. The first-order valence-electron chi connectivity index (χ1n) is 9.56. The van der Waals surface area contributed by atoms with Crippen LogP contribution in [-0.4, -0.2) is 58.4 Å². The molecule has 1 atom stereocenters. The van der Waals surface area contributed by atoms with E-state index in [1.807, 2.05) is 13.8 Å². The van der Waals surface area contributed by atoms with Gasteiger partial charge in [-0.15, -0.1) is 0 Å². The van der Waals surface area contributed by atoms with Crippen LogP contribution in [0.5, 0.6) is 0 Å². The van der Waals surface area contributed by atoms with Crippen molar-refractivity contribution in [3.8, 4) is 0 Å². The van der Waals surface area contributed by atoms with E-state index < -0.39 is 15.9 Å². The number of carbonyl (C=O) groups is 1. The van der Waals surface area contributed by atoms with Crippen molar-refractivity contribution in [2.45, 2.75) is 59.0 Å². The van der Waals surface area contributed by atoms with Gasteiger partial charge in [-0.1, -0.05) is 6.42 Å². The summed E-state index contributed by atoms with van der Waals surface area (Å²) >= 11 is 0. The van der Waals surface area contributed by atoms with Crippen molar-refractivity contribution in [2.75, 3.05) is 18.6 Å². The molecule has 1 aliphatic heterocycles. The molecule has 0 unspecified atom stereocenters. The van der Waals surface area contributed by atoms with Crippen LogP contribution in [-0.2, 0) is 22.8 Å². The van der Waals surface area contributed by atoms with E-state index in [9.17, 15) is 13.2 Å². The maximum atomic E-state index is 13.3. The molecule has 0 aromatic carbocycles. The van der Waals surface area contributed by atoms with E-state index >= 15 is 0 Å². The van der Waals surface area contributed by atoms with E-state index in [4.69, 9.17) is 4.98 Å². The Hall–Kier alpha value is -1.96. The number of nitrogens with zero attached hydrogens (tertiary/aromatic N) is 4. The Balaban J connectivity index is 2.06. The molecule has 0 saturated carbocycles. The molecule has 2 aromatic rings. The number of imidazole rings is 1. The molecule has 27 heavy (non-hydrogen) atoms. The summed E-state index contributed by atoms with van der Waals surface area (Å²) in [5.74, 6) is 0.749. The SMILES string of the molecule is CCN(C(=O)c1cc(C)nc2c1nc1n2CCCCC1)[C@@H](C)CS(C)(=O)=O. The van der Waals surface area contributed by atoms with Gasteiger partial charge in [0.15, 0.2) is 5.65 Å². The summed E-state index contributed by atoms with van der Waals surface area (Å²) in [6, 6.07) is 1.37. The Kier molecular flexibility index (Phi) is 5.55. The summed E-state index contributed by atoms with van der Waals surface area (Å²) in [5, 5.41) is 0. The minimum atomic E-state index is -3.18. The fourth-order valence-electron chi connectivity index (χ4n) is 3.92. The lowest BCUT2D eigenvalue weighted by Gasteiger charge is -2.27. The quantitative estimate of drug-likeness (QED) is 0.780. The van der Waals surface area contributed by atoms with Crippen LogP contribution in [0.3, 0.4) is 0 Å². The average Bonchev–Trinajstić information content (AvgIpc) is 2.75. The molecule has 0 saturated heterocycles. The van der Waals surface area contributed by atoms with Crippen molar-refractivity contribution in [1.82, 2.24) is 19.4 Å². The Morgan fingerprint density at radius 2 is 2.04 bits per heavy atom. The van der Waals surface area contributed by atoms with Gasteiger partial charge in [-0.2, -0.15) is 0 Å². The predicted octanol–water partition coefficient (Wildman–Crippen LogP) is 2.36. The van der Waals surface area contributed by atoms with Crippen molar-refractivity contribution in [3.05, 3.63) is 23.1 Å². The molecule has 148 valence electrons. The largest absolute Gasteiger partial charge is 0.335 e. The Bertz CT molecular complexity index is 965. The third kappa shape index (κ3) is 4.15. The lowest BCUT2D eigenvalue weighted by atomic mass is 10.1. The first-order valence-corrected chi connectivity index (χ1v) is 11.6. The number of sulfone groups is 1. The van der Waals surface area contributed by atoms with Gasteiger partial charge in [0, 0.05) is 37.5 Å². The van der Waals surface area contributed by atoms with Crippen molar-refractivity contribution in [2.24, 2.45) is 0 Å². The highest BCUT2D eigenvalue weighted by atomic mass is 32.2. The van der Waals surface area contributed by atoms with Crippen molar-refractivity contribution in [3.63, 3.8) is 0 Å². The van der Waals surface area contributed by atoms with Crippen LogP contribution >= 0.6 is 0 Å². The van der Waals surface area contributed by atoms with Crippen LogP contribution in [0.25, 0.3) is 11.2 Å². The first kappa shape index (κ1) is 19.8. The van der Waals surface area contributed by atoms with Gasteiger partial charge in [-0.3, -0.25) is 4.79 Å². The highest BCUT2D eigenvalue weighted by Crippen LogP contribution is 2.25. The molecule has 2 aromatic heterocycles. The number of hydrogen-bond donors (Lipinski definition) is 0. The Morgan fingerprint density at radius 1 is 1.30 bits per heavy atom. The summed E-state index contributed by atoms with van der Waals surface area (Å²) in [7, 11) is -3.18. The van der Waals surface area contributed by atoms with Crippen LogP contribution in [0.15, 0.2) is 6.07 Å². The number of hydrogen-bond acceptors (Lipinski definition) is 5. The summed E-state index contributed by atoms with van der Waals surface area (Å²) in [4.78, 5) is 24.3. The third-order valence-corrected chi connectivity index (χ3v) is 6.19. The fraction of sp³-hybridized carbons (Fsp3) is 0.632. The molecule has 3 rings (SSSR count). The molecule has 0 spiro atoms. The smallest absolute Gasteiger partial charge is 0.256 e. The van der Waals surface area contributed by atoms with Gasteiger partial charge in [0.05, 0.1) is 11.3 Å². The summed E-state index contributed by atoms with van der Waals surface area (Å²) in [5.41, 5.74) is 2.68. The van der Waals surface area contributed by atoms with Crippen molar-refractivity contribution in [1.29, 1.82) is 0 Å². The number of amides is 1. The van der Waals surface area contributed by atoms with E-state index in [2.05, 4.69) is 9.55 Å². The molecular formula is C19H28N4O3S. The van der Waals surface area contributed by atoms with Crippen LogP contribution in [0.2, 0.25) is 0 Å². The highest BCUT2D eigenvalue weighted by Gasteiger charge is 2.27. The second kappa shape index (κ2) is 7.58. The van der Waals surface area contributed by atoms with Gasteiger partial charge in [-0.05, 0) is 39.7 Å². The van der Waals surface area contributed by atoms with E-state index in [0.29, 0.717) is 17.6 Å². The highest BCUT2D eigenvalue weighted by molar-refractivity contribution is 7.90. The van der Waals surface area contributed by atoms with Crippen LogP contribution in [0, 0.1) is 6.92 Å². The maximum absolute atomic E-state index is 13.3. The monoisotopic (exact) mass is 392 g/mol. The summed E-state index contributed by atoms with van der Waals surface area (Å²) in [6.45, 7) is 6.83. The minimum absolute atomic E-state index is 0.0561. The second-order valence-corrected chi connectivity index (χ2v) is 9.69. The average molecular weight is 393 g/mol. The van der Waals surface area contributed by atoms with Gasteiger partial charge in [0.1, 0.15) is 21.2 Å². The van der Waals surface area contributed by atoms with E-state index in [1.165, 1.54) is 12.7 Å². The predicted molar refractivity (Wildman–Crippen MR) is 106 cm³/mol. The fourth-order valence-corrected chi connectivity index (χ4v) is 4.97. The molecule has 1 amide bonds. The third-order valence-electron chi connectivity index (χ3n) is 5.10. The molecule has 7 nitrogen and oxygen atoms in total. The summed E-state index contributed by atoms with van der Waals surface area (Å²) < 4.78 is 25.5. The molecule has 3 heterocycles. The lowest BCUT2D eigenvalue weighted by Crippen LogP contribution is -2.42. The van der Waals surface area contributed by atoms with E-state index in [1.54, 1.807) is 17.9 Å². The van der Waals surface area contributed by atoms with Crippen LogP contribution < -0.4 is 0 Å². The molecule has 8 heteroatoms. The molecule has 1 aliphatic rings. The summed E-state index contributed by atoms with van der Waals surface area (Å²) in [6.07, 6.45) is 5.45. The van der Waals surface area contributed by atoms with Crippen molar-refractivity contribution >= 4 is 26.9 Å². The van der Waals surface area contributed by atoms with Crippen LogP contribution in [0.4, 0.5) is 0 Å². The van der Waals surface area contributed by atoms with E-state index in [-0.39, 0.29) is 11.7 Å². The molecule has 0 aliphatic carbocycles. The Labute approximate surface area is 160 Å². The molecule has 0 N–H and O–H groups in total. The van der Waals surface area contributed by atoms with Crippen LogP contribution in [0.1, 0.15) is 55.0 Å². The van der Waals surface area contributed by atoms with Gasteiger partial charge in [0.25, 0.3) is 5.91 Å². The lowest BCUT2D eigenvalue weighted by molar-refractivity contribution is 0.0721. The number of rotatable bonds is 5. The number of pyridine rings is 1. The van der Waals surface area contributed by atoms with Gasteiger partial charge in [-0.25, -0.2) is 18.4 Å². The molecule has 0 bridgehead atoms. The van der Waals surface area contributed by atoms with Crippen molar-refractivity contribution < 1.29 is 13.2 Å². The normalized spacial score (nSPS) is 16.0. The second-order valence-electron chi connectivity index (χ2n) is 7.51. The van der Waals surface area contributed by atoms with Gasteiger partial charge in [0.2, 0.25) is 0 Å². The van der Waals surface area contributed by atoms with Gasteiger partial charge >= 0.3 is 0 Å². The molecule has 0 radical (unpaired) electrons. The topological polar surface area (TPSA) is 85.2 Å².